The monoisotopic (exact) mass is 856 g/mol. The molecule has 2 aliphatic carbocycles. The minimum atomic E-state index is -0.00268. The van der Waals surface area contributed by atoms with Crippen molar-refractivity contribution in [2.45, 2.75) is 25.2 Å². The normalized spacial score (nSPS) is 15.9. The van der Waals surface area contributed by atoms with Crippen molar-refractivity contribution in [2.24, 2.45) is 5.92 Å². The van der Waals surface area contributed by atoms with Crippen LogP contribution in [-0.4, -0.2) is 4.57 Å². The number of benzene rings is 10. The molecule has 0 radical (unpaired) electrons. The topological polar surface area (TPSA) is 8.17 Å². The summed E-state index contributed by atoms with van der Waals surface area (Å²) in [6.45, 7) is 4.84. The second-order valence-electron chi connectivity index (χ2n) is 18.9. The third kappa shape index (κ3) is 6.39. The van der Waals surface area contributed by atoms with Gasteiger partial charge >= 0.3 is 0 Å². The van der Waals surface area contributed by atoms with E-state index in [1.54, 1.807) is 0 Å². The number of nitrogens with zero attached hydrogens (tertiary/aromatic N) is 2. The van der Waals surface area contributed by atoms with Gasteiger partial charge in [0.2, 0.25) is 0 Å². The molecular formula is C65H48N2. The highest BCUT2D eigenvalue weighted by Gasteiger charge is 2.44. The van der Waals surface area contributed by atoms with Crippen molar-refractivity contribution >= 4 is 60.4 Å². The molecule has 1 aromatic heterocycles. The van der Waals surface area contributed by atoms with Gasteiger partial charge in [0.1, 0.15) is 0 Å². The van der Waals surface area contributed by atoms with Gasteiger partial charge in [0.25, 0.3) is 0 Å². The largest absolute Gasteiger partial charge is 0.310 e. The summed E-state index contributed by atoms with van der Waals surface area (Å²) in [5.74, 6) is 0.840. The Hall–Kier alpha value is -8.20. The van der Waals surface area contributed by atoms with Crippen LogP contribution >= 0.6 is 0 Å². The second kappa shape index (κ2) is 15.5. The zero-order valence-corrected chi connectivity index (χ0v) is 37.6. The molecule has 0 spiro atoms. The molecule has 2 atom stereocenters. The highest BCUT2D eigenvalue weighted by Crippen LogP contribution is 2.54. The van der Waals surface area contributed by atoms with E-state index >= 15 is 0 Å². The lowest BCUT2D eigenvalue weighted by Crippen LogP contribution is -2.24. The predicted molar refractivity (Wildman–Crippen MR) is 284 cm³/mol. The number of fused-ring (bicyclic) bond motifs is 8. The first-order valence-corrected chi connectivity index (χ1v) is 23.6. The molecule has 0 bridgehead atoms. The summed E-state index contributed by atoms with van der Waals surface area (Å²) >= 11 is 0. The zero-order chi connectivity index (χ0) is 44.6. The van der Waals surface area contributed by atoms with E-state index in [2.05, 4.69) is 266 Å². The molecule has 0 aliphatic heterocycles. The smallest absolute Gasteiger partial charge is 0.0541 e. The average molecular weight is 857 g/mol. The van der Waals surface area contributed by atoms with Gasteiger partial charge in [0.05, 0.1) is 16.7 Å². The third-order valence-electron chi connectivity index (χ3n) is 14.9. The number of rotatable bonds is 7. The highest BCUT2D eigenvalue weighted by atomic mass is 15.1. The van der Waals surface area contributed by atoms with Crippen LogP contribution in [0, 0.1) is 5.92 Å². The first-order chi connectivity index (χ1) is 33.0. The Morgan fingerprint density at radius 2 is 0.985 bits per heavy atom. The Morgan fingerprint density at radius 3 is 1.81 bits per heavy atom. The highest BCUT2D eigenvalue weighted by molar-refractivity contribution is 6.12. The van der Waals surface area contributed by atoms with Gasteiger partial charge in [-0.1, -0.05) is 190 Å². The molecule has 0 saturated carbocycles. The Kier molecular flexibility index (Phi) is 9.05. The van der Waals surface area contributed by atoms with Crippen LogP contribution < -0.4 is 4.90 Å². The molecule has 0 fully saturated rings. The summed E-state index contributed by atoms with van der Waals surface area (Å²) in [7, 11) is 0. The van der Waals surface area contributed by atoms with Crippen molar-refractivity contribution in [2.75, 3.05) is 4.90 Å². The van der Waals surface area contributed by atoms with Crippen molar-refractivity contribution in [1.82, 2.24) is 4.57 Å². The summed E-state index contributed by atoms with van der Waals surface area (Å²) in [6, 6.07) is 80.8. The Bertz CT molecular complexity index is 3790. The Labute approximate surface area is 392 Å². The molecule has 2 unspecified atom stereocenters. The van der Waals surface area contributed by atoms with Gasteiger partial charge in [0, 0.05) is 39.1 Å². The maximum absolute atomic E-state index is 2.47. The van der Waals surface area contributed by atoms with Crippen molar-refractivity contribution in [3.8, 4) is 39.1 Å². The molecule has 11 aromatic rings. The van der Waals surface area contributed by atoms with Crippen LogP contribution in [0.5, 0.6) is 0 Å². The van der Waals surface area contributed by atoms with Crippen LogP contribution in [0.3, 0.4) is 0 Å². The van der Waals surface area contributed by atoms with Crippen LogP contribution in [0.15, 0.2) is 243 Å². The molecule has 2 nitrogen and oxygen atoms in total. The average Bonchev–Trinajstić information content (AvgIpc) is 3.83. The number of anilines is 3. The van der Waals surface area contributed by atoms with E-state index in [0.717, 1.165) is 11.4 Å². The summed E-state index contributed by atoms with van der Waals surface area (Å²) < 4.78 is 2.44. The van der Waals surface area contributed by atoms with Crippen LogP contribution in [-0.2, 0) is 5.41 Å². The summed E-state index contributed by atoms with van der Waals surface area (Å²) in [6.07, 6.45) is 9.25. The predicted octanol–water partition coefficient (Wildman–Crippen LogP) is 17.7. The molecule has 318 valence electrons. The van der Waals surface area contributed by atoms with Gasteiger partial charge in [-0.15, -0.1) is 0 Å². The summed E-state index contributed by atoms with van der Waals surface area (Å²) in [5, 5.41) is 7.51. The zero-order valence-electron chi connectivity index (χ0n) is 37.6. The Balaban J connectivity index is 0.907. The molecular weight excluding hydrogens is 809 g/mol. The standard InChI is InChI=1S/C65H48N2/c1-65(2)60-28-9-7-25-56(60)57-37-36-52(42-61(57)65)66(50-34-31-45(32-35-50)54-27-13-17-43-15-3-5-23-53(43)54)51-22-12-21-48(40-51)46-19-11-20-47(39-46)49-33-38-64-59(41-49)58-26-8-10-29-63(58)67(64)62-30-14-18-44-16-4-6-24-55(44)62/h3-42,56,60H,1-2H3. The van der Waals surface area contributed by atoms with Crippen LogP contribution in [0.2, 0.25) is 0 Å². The minimum absolute atomic E-state index is 0.00268. The molecule has 0 amide bonds. The van der Waals surface area contributed by atoms with Crippen LogP contribution in [0.1, 0.15) is 30.9 Å². The number of aromatic nitrogens is 1. The number of hydrogen-bond donors (Lipinski definition) is 0. The van der Waals surface area contributed by atoms with E-state index in [0.29, 0.717) is 11.8 Å². The lowest BCUT2D eigenvalue weighted by Gasteiger charge is -2.30. The van der Waals surface area contributed by atoms with Gasteiger partial charge in [-0.3, -0.25) is 0 Å². The fourth-order valence-electron chi connectivity index (χ4n) is 11.5. The van der Waals surface area contributed by atoms with Gasteiger partial charge in [-0.05, 0) is 139 Å². The second-order valence-corrected chi connectivity index (χ2v) is 18.9. The van der Waals surface area contributed by atoms with E-state index in [1.165, 1.54) is 99.2 Å². The Morgan fingerprint density at radius 1 is 0.403 bits per heavy atom. The maximum Gasteiger partial charge on any atom is 0.0541 e. The number of hydrogen-bond acceptors (Lipinski definition) is 1. The fraction of sp³-hybridized carbons (Fsp3) is 0.0769. The maximum atomic E-state index is 2.47. The first kappa shape index (κ1) is 39.2. The fourth-order valence-corrected chi connectivity index (χ4v) is 11.5. The molecule has 67 heavy (non-hydrogen) atoms. The van der Waals surface area contributed by atoms with E-state index in [1.807, 2.05) is 0 Å². The first-order valence-electron chi connectivity index (χ1n) is 23.6. The number of para-hydroxylation sites is 1. The van der Waals surface area contributed by atoms with Crippen molar-refractivity contribution in [1.29, 1.82) is 0 Å². The lowest BCUT2D eigenvalue weighted by molar-refractivity contribution is 0.394. The molecule has 1 heterocycles. The van der Waals surface area contributed by atoms with Gasteiger partial charge in [-0.25, -0.2) is 0 Å². The summed E-state index contributed by atoms with van der Waals surface area (Å²) in [5.41, 5.74) is 17.1. The van der Waals surface area contributed by atoms with Crippen molar-refractivity contribution in [3.05, 3.63) is 254 Å². The SMILES string of the molecule is CC1(C)c2cc(N(c3ccc(-c4cccc5ccccc45)cc3)c3cccc(-c4cccc(-c5ccc6c(c5)c5ccccc5n6-c5cccc6ccccc56)c4)c3)ccc2C2C=CC=CC21. The van der Waals surface area contributed by atoms with Gasteiger partial charge < -0.3 is 9.47 Å². The van der Waals surface area contributed by atoms with Crippen molar-refractivity contribution in [3.63, 3.8) is 0 Å². The van der Waals surface area contributed by atoms with E-state index in [-0.39, 0.29) is 5.41 Å². The minimum Gasteiger partial charge on any atom is -0.310 e. The quantitative estimate of drug-likeness (QED) is 0.155. The summed E-state index contributed by atoms with van der Waals surface area (Å²) in [4.78, 5) is 2.45. The van der Waals surface area contributed by atoms with Crippen LogP contribution in [0.25, 0.3) is 82.4 Å². The molecule has 13 rings (SSSR count). The van der Waals surface area contributed by atoms with E-state index < -0.39 is 0 Å². The van der Waals surface area contributed by atoms with E-state index in [4.69, 9.17) is 0 Å². The molecule has 0 saturated heterocycles. The van der Waals surface area contributed by atoms with Gasteiger partial charge in [0.15, 0.2) is 0 Å². The molecule has 2 heteroatoms. The van der Waals surface area contributed by atoms with Gasteiger partial charge in [-0.2, -0.15) is 0 Å². The van der Waals surface area contributed by atoms with Crippen molar-refractivity contribution < 1.29 is 0 Å². The molecule has 2 aliphatic rings. The van der Waals surface area contributed by atoms with E-state index in [9.17, 15) is 0 Å². The molecule has 0 N–H and O–H groups in total. The molecule has 10 aromatic carbocycles. The van der Waals surface area contributed by atoms with Crippen LogP contribution in [0.4, 0.5) is 17.1 Å². The lowest BCUT2D eigenvalue weighted by atomic mass is 9.74. The number of allylic oxidation sites excluding steroid dienone is 4. The third-order valence-corrected chi connectivity index (χ3v) is 14.9.